The Hall–Kier alpha value is -1.15. The molecule has 0 aliphatic heterocycles. The molecule has 0 aliphatic rings. The van der Waals surface area contributed by atoms with Gasteiger partial charge in [-0.2, -0.15) is 0 Å². The first kappa shape index (κ1) is 12.9. The summed E-state index contributed by atoms with van der Waals surface area (Å²) in [5.41, 5.74) is 0.732. The minimum Gasteiger partial charge on any atom is -0.373 e. The predicted octanol–water partition coefficient (Wildman–Crippen LogP) is 3.47. The maximum absolute atomic E-state index is 11.6. The molecule has 1 aromatic carbocycles. The van der Waals surface area contributed by atoms with E-state index in [0.717, 1.165) is 12.0 Å². The van der Waals surface area contributed by atoms with E-state index in [9.17, 15) is 4.79 Å². The van der Waals surface area contributed by atoms with Crippen molar-refractivity contribution < 1.29 is 9.53 Å². The van der Waals surface area contributed by atoms with Crippen LogP contribution in [0.3, 0.4) is 0 Å². The molecule has 0 saturated carbocycles. The number of ether oxygens (including phenoxy) is 1. The molecule has 0 unspecified atom stereocenters. The summed E-state index contributed by atoms with van der Waals surface area (Å²) in [6.45, 7) is 3.08. The van der Waals surface area contributed by atoms with Gasteiger partial charge in [0.25, 0.3) is 0 Å². The Morgan fingerprint density at radius 2 is 1.88 bits per heavy atom. The Morgan fingerprint density at radius 1 is 1.12 bits per heavy atom. The van der Waals surface area contributed by atoms with Crippen LogP contribution in [0.5, 0.6) is 0 Å². The van der Waals surface area contributed by atoms with E-state index in [1.165, 1.54) is 19.3 Å². The standard InChI is InChI=1S/C14H20O2/c1-2-3-4-8-11-16-12-14(15)13-9-6-5-7-10-13/h5-7,9-10H,2-4,8,11-12H2,1H3. The van der Waals surface area contributed by atoms with E-state index in [4.69, 9.17) is 4.74 Å². The monoisotopic (exact) mass is 220 g/mol. The van der Waals surface area contributed by atoms with Gasteiger partial charge in [-0.3, -0.25) is 4.79 Å². The highest BCUT2D eigenvalue weighted by atomic mass is 16.5. The van der Waals surface area contributed by atoms with Crippen molar-refractivity contribution in [3.8, 4) is 0 Å². The molecule has 16 heavy (non-hydrogen) atoms. The lowest BCUT2D eigenvalue weighted by Gasteiger charge is -2.03. The maximum atomic E-state index is 11.6. The van der Waals surface area contributed by atoms with Crippen LogP contribution in [0.2, 0.25) is 0 Å². The van der Waals surface area contributed by atoms with Crippen molar-refractivity contribution in [1.82, 2.24) is 0 Å². The molecule has 1 aromatic rings. The zero-order valence-electron chi connectivity index (χ0n) is 9.95. The Bertz CT molecular complexity index is 293. The van der Waals surface area contributed by atoms with Crippen molar-refractivity contribution in [3.63, 3.8) is 0 Å². The highest BCUT2D eigenvalue weighted by molar-refractivity contribution is 5.96. The predicted molar refractivity (Wildman–Crippen MR) is 65.7 cm³/mol. The van der Waals surface area contributed by atoms with Crippen LogP contribution >= 0.6 is 0 Å². The largest absolute Gasteiger partial charge is 0.373 e. The number of carbonyl (C=O) groups excluding carboxylic acids is 1. The average molecular weight is 220 g/mol. The molecule has 2 nitrogen and oxygen atoms in total. The highest BCUT2D eigenvalue weighted by Crippen LogP contribution is 2.02. The molecule has 0 aliphatic carbocycles. The molecule has 2 heteroatoms. The highest BCUT2D eigenvalue weighted by Gasteiger charge is 2.03. The second-order valence-electron chi connectivity index (χ2n) is 3.90. The molecule has 0 fully saturated rings. The number of hydrogen-bond donors (Lipinski definition) is 0. The van der Waals surface area contributed by atoms with Crippen molar-refractivity contribution in [1.29, 1.82) is 0 Å². The van der Waals surface area contributed by atoms with Crippen molar-refractivity contribution in [2.45, 2.75) is 32.6 Å². The molecule has 0 amide bonds. The zero-order chi connectivity index (χ0) is 11.6. The van der Waals surface area contributed by atoms with Crippen LogP contribution in [0.15, 0.2) is 30.3 Å². The van der Waals surface area contributed by atoms with Crippen molar-refractivity contribution in [2.24, 2.45) is 0 Å². The van der Waals surface area contributed by atoms with Gasteiger partial charge in [0.1, 0.15) is 6.61 Å². The summed E-state index contributed by atoms with van der Waals surface area (Å²) in [5, 5.41) is 0. The maximum Gasteiger partial charge on any atom is 0.188 e. The number of rotatable bonds is 8. The summed E-state index contributed by atoms with van der Waals surface area (Å²) in [7, 11) is 0. The molecule has 88 valence electrons. The number of unbranched alkanes of at least 4 members (excludes halogenated alkanes) is 3. The normalized spacial score (nSPS) is 10.3. The van der Waals surface area contributed by atoms with Crippen LogP contribution in [-0.2, 0) is 4.74 Å². The molecule has 0 heterocycles. The number of ketones is 1. The molecular formula is C14H20O2. The molecule has 0 N–H and O–H groups in total. The van der Waals surface area contributed by atoms with Crippen LogP contribution in [0.1, 0.15) is 43.0 Å². The van der Waals surface area contributed by atoms with Gasteiger partial charge < -0.3 is 4.74 Å². The van der Waals surface area contributed by atoms with Gasteiger partial charge in [-0.1, -0.05) is 56.5 Å². The van der Waals surface area contributed by atoms with Crippen LogP contribution in [0.25, 0.3) is 0 Å². The lowest BCUT2D eigenvalue weighted by molar-refractivity contribution is 0.0752. The van der Waals surface area contributed by atoms with Crippen molar-refractivity contribution in [3.05, 3.63) is 35.9 Å². The summed E-state index contributed by atoms with van der Waals surface area (Å²) in [5.74, 6) is 0.0658. The SMILES string of the molecule is CCCCCCOCC(=O)c1ccccc1. The van der Waals surface area contributed by atoms with Crippen LogP contribution in [0.4, 0.5) is 0 Å². The second kappa shape index (κ2) is 8.05. The molecule has 0 bridgehead atoms. The summed E-state index contributed by atoms with van der Waals surface area (Å²) in [4.78, 5) is 11.6. The zero-order valence-corrected chi connectivity index (χ0v) is 9.95. The Labute approximate surface area is 97.6 Å². The minimum atomic E-state index is 0.0658. The molecule has 0 spiro atoms. The van der Waals surface area contributed by atoms with Gasteiger partial charge in [0.15, 0.2) is 5.78 Å². The minimum absolute atomic E-state index is 0.0658. The second-order valence-corrected chi connectivity index (χ2v) is 3.90. The van der Waals surface area contributed by atoms with Gasteiger partial charge >= 0.3 is 0 Å². The lowest BCUT2D eigenvalue weighted by Crippen LogP contribution is -2.09. The van der Waals surface area contributed by atoms with Crippen LogP contribution in [-0.4, -0.2) is 19.0 Å². The quantitative estimate of drug-likeness (QED) is 0.495. The molecule has 1 rings (SSSR count). The van der Waals surface area contributed by atoms with E-state index in [2.05, 4.69) is 6.92 Å². The van der Waals surface area contributed by atoms with Gasteiger partial charge in [0.05, 0.1) is 0 Å². The van der Waals surface area contributed by atoms with Crippen LogP contribution < -0.4 is 0 Å². The van der Waals surface area contributed by atoms with E-state index in [-0.39, 0.29) is 12.4 Å². The third-order valence-corrected chi connectivity index (χ3v) is 2.47. The smallest absolute Gasteiger partial charge is 0.188 e. The van der Waals surface area contributed by atoms with Crippen molar-refractivity contribution >= 4 is 5.78 Å². The van der Waals surface area contributed by atoms with Gasteiger partial charge in [-0.25, -0.2) is 0 Å². The number of carbonyl (C=O) groups is 1. The number of benzene rings is 1. The molecule has 0 aromatic heterocycles. The van der Waals surface area contributed by atoms with E-state index >= 15 is 0 Å². The summed E-state index contributed by atoms with van der Waals surface area (Å²) >= 11 is 0. The first-order valence-corrected chi connectivity index (χ1v) is 6.00. The summed E-state index contributed by atoms with van der Waals surface area (Å²) < 4.78 is 5.35. The first-order valence-electron chi connectivity index (χ1n) is 6.00. The fraction of sp³-hybridized carbons (Fsp3) is 0.500. The fourth-order valence-electron chi connectivity index (χ4n) is 1.50. The Kier molecular flexibility index (Phi) is 6.50. The summed E-state index contributed by atoms with van der Waals surface area (Å²) in [6.07, 6.45) is 4.71. The lowest BCUT2D eigenvalue weighted by atomic mass is 10.1. The Morgan fingerprint density at radius 3 is 2.56 bits per heavy atom. The fourth-order valence-corrected chi connectivity index (χ4v) is 1.50. The molecular weight excluding hydrogens is 200 g/mol. The van der Waals surface area contributed by atoms with Gasteiger partial charge in [-0.05, 0) is 6.42 Å². The third kappa shape index (κ3) is 5.08. The molecule has 0 radical (unpaired) electrons. The van der Waals surface area contributed by atoms with Gasteiger partial charge in [-0.15, -0.1) is 0 Å². The molecule has 0 saturated heterocycles. The van der Waals surface area contributed by atoms with Gasteiger partial charge in [0.2, 0.25) is 0 Å². The van der Waals surface area contributed by atoms with Crippen molar-refractivity contribution in [2.75, 3.05) is 13.2 Å². The van der Waals surface area contributed by atoms with E-state index in [1.807, 2.05) is 30.3 Å². The van der Waals surface area contributed by atoms with E-state index in [1.54, 1.807) is 0 Å². The first-order chi connectivity index (χ1) is 7.84. The van der Waals surface area contributed by atoms with E-state index in [0.29, 0.717) is 6.61 Å². The van der Waals surface area contributed by atoms with E-state index < -0.39 is 0 Å². The average Bonchev–Trinajstić information content (AvgIpc) is 2.34. The Balaban J connectivity index is 2.12. The topological polar surface area (TPSA) is 26.3 Å². The molecule has 0 atom stereocenters. The third-order valence-electron chi connectivity index (χ3n) is 2.47. The number of Topliss-reactive ketones (excluding diaryl/α,β-unsaturated/α-hetero) is 1. The number of hydrogen-bond acceptors (Lipinski definition) is 2. The summed E-state index contributed by atoms with van der Waals surface area (Å²) in [6, 6.07) is 9.29. The van der Waals surface area contributed by atoms with Gasteiger partial charge in [0, 0.05) is 12.2 Å². The van der Waals surface area contributed by atoms with Crippen LogP contribution in [0, 0.1) is 0 Å².